The number of primary amides is 1. The Balaban J connectivity index is 1.90. The third-order valence-corrected chi connectivity index (χ3v) is 4.43. The molecule has 0 unspecified atom stereocenters. The van der Waals surface area contributed by atoms with Crippen LogP contribution in [0.4, 0.5) is 5.82 Å². The Morgan fingerprint density at radius 1 is 1.30 bits per heavy atom. The molecular weight excluding hydrogens is 320 g/mol. The Kier molecular flexibility index (Phi) is 3.92. The highest BCUT2D eigenvalue weighted by molar-refractivity contribution is 9.10. The van der Waals surface area contributed by atoms with Gasteiger partial charge in [0.2, 0.25) is 5.91 Å². The van der Waals surface area contributed by atoms with E-state index < -0.39 is 0 Å². The lowest BCUT2D eigenvalue weighted by molar-refractivity contribution is -0.116. The van der Waals surface area contributed by atoms with E-state index in [1.807, 2.05) is 6.07 Å². The summed E-state index contributed by atoms with van der Waals surface area (Å²) in [5.41, 5.74) is 5.41. The summed E-state index contributed by atoms with van der Waals surface area (Å²) in [5.74, 6) is 1.91. The van der Waals surface area contributed by atoms with Crippen LogP contribution in [0.5, 0.6) is 0 Å². The molecule has 0 aromatic carbocycles. The van der Waals surface area contributed by atoms with E-state index >= 15 is 0 Å². The smallest absolute Gasteiger partial charge is 0.237 e. The van der Waals surface area contributed by atoms with Gasteiger partial charge in [0, 0.05) is 18.0 Å². The molecule has 20 heavy (non-hydrogen) atoms. The van der Waals surface area contributed by atoms with Crippen LogP contribution in [0.15, 0.2) is 10.7 Å². The van der Waals surface area contributed by atoms with Crippen LogP contribution in [0.3, 0.4) is 0 Å². The summed E-state index contributed by atoms with van der Waals surface area (Å²) in [7, 11) is 0. The first-order chi connectivity index (χ1) is 9.63. The number of hydrogen-bond donors (Lipinski definition) is 1. The molecule has 3 rings (SSSR count). The number of nitrogens with two attached hydrogens (primary N) is 1. The minimum Gasteiger partial charge on any atom is -0.368 e. The maximum absolute atomic E-state index is 11.4. The number of amides is 1. The van der Waals surface area contributed by atoms with Crippen molar-refractivity contribution in [2.75, 3.05) is 11.4 Å². The summed E-state index contributed by atoms with van der Waals surface area (Å²) in [6, 6.07) is 2.27. The summed E-state index contributed by atoms with van der Waals surface area (Å²) in [6.45, 7) is 0.234. The van der Waals surface area contributed by atoms with Gasteiger partial charge in [0.15, 0.2) is 0 Å². The van der Waals surface area contributed by atoms with Crippen LogP contribution in [0.25, 0.3) is 0 Å². The number of anilines is 1. The lowest BCUT2D eigenvalue weighted by Crippen LogP contribution is -2.40. The number of nitrogens with zero attached hydrogens (tertiary/aromatic N) is 3. The van der Waals surface area contributed by atoms with Crippen molar-refractivity contribution in [2.24, 2.45) is 5.73 Å². The van der Waals surface area contributed by atoms with Gasteiger partial charge in [-0.2, -0.15) is 0 Å². The topological polar surface area (TPSA) is 72.1 Å². The van der Waals surface area contributed by atoms with E-state index in [0.29, 0.717) is 12.0 Å². The Bertz CT molecular complexity index is 512. The van der Waals surface area contributed by atoms with Crippen LogP contribution in [0.1, 0.15) is 50.3 Å². The molecule has 5 nitrogen and oxygen atoms in total. The lowest BCUT2D eigenvalue weighted by Gasteiger charge is -2.29. The number of halogens is 1. The zero-order valence-corrected chi connectivity index (χ0v) is 13.0. The number of carbonyl (C=O) groups excluding carboxylic acids is 1. The monoisotopic (exact) mass is 338 g/mol. The van der Waals surface area contributed by atoms with Crippen LogP contribution in [-0.4, -0.2) is 28.5 Å². The molecule has 2 N–H and O–H groups in total. The first-order valence-corrected chi connectivity index (χ1v) is 8.02. The molecule has 108 valence electrons. The van der Waals surface area contributed by atoms with Crippen molar-refractivity contribution >= 4 is 27.7 Å². The Hall–Kier alpha value is -1.17. The predicted octanol–water partition coefficient (Wildman–Crippen LogP) is 2.35. The molecule has 1 heterocycles. The fraction of sp³-hybridized carbons (Fsp3) is 0.643. The van der Waals surface area contributed by atoms with Gasteiger partial charge in [-0.05, 0) is 41.6 Å². The minimum atomic E-state index is -0.306. The Labute approximate surface area is 127 Å². The normalized spacial score (nSPS) is 19.2. The van der Waals surface area contributed by atoms with E-state index in [9.17, 15) is 4.79 Å². The van der Waals surface area contributed by atoms with Crippen LogP contribution >= 0.6 is 15.9 Å². The third kappa shape index (κ3) is 3.11. The average molecular weight is 339 g/mol. The minimum absolute atomic E-state index is 0.234. The van der Waals surface area contributed by atoms with Crippen molar-refractivity contribution < 1.29 is 4.79 Å². The fourth-order valence-electron chi connectivity index (χ4n) is 2.88. The molecule has 2 aliphatic rings. The molecule has 2 fully saturated rings. The van der Waals surface area contributed by atoms with Crippen LogP contribution < -0.4 is 10.6 Å². The van der Waals surface area contributed by atoms with Gasteiger partial charge in [0.1, 0.15) is 16.2 Å². The molecule has 2 aliphatic carbocycles. The molecule has 2 saturated carbocycles. The molecule has 0 saturated heterocycles. The molecular formula is C14H19BrN4O. The standard InChI is InChI=1S/C14H19BrN4O/c15-11-7-13(18-14(17-11)9-5-6-9)19(8-12(16)20)10-3-1-2-4-10/h7,9-10H,1-6,8H2,(H2,16,20). The highest BCUT2D eigenvalue weighted by Gasteiger charge is 2.30. The molecule has 0 aliphatic heterocycles. The van der Waals surface area contributed by atoms with Gasteiger partial charge in [0.25, 0.3) is 0 Å². The maximum Gasteiger partial charge on any atom is 0.237 e. The summed E-state index contributed by atoms with van der Waals surface area (Å²) in [6.07, 6.45) is 6.95. The largest absolute Gasteiger partial charge is 0.368 e. The highest BCUT2D eigenvalue weighted by Crippen LogP contribution is 2.39. The van der Waals surface area contributed by atoms with Crippen molar-refractivity contribution in [2.45, 2.75) is 50.5 Å². The van der Waals surface area contributed by atoms with Crippen molar-refractivity contribution in [3.63, 3.8) is 0 Å². The van der Waals surface area contributed by atoms with E-state index in [2.05, 4.69) is 30.8 Å². The highest BCUT2D eigenvalue weighted by atomic mass is 79.9. The molecule has 0 radical (unpaired) electrons. The summed E-state index contributed by atoms with van der Waals surface area (Å²) >= 11 is 3.46. The SMILES string of the molecule is NC(=O)CN(c1cc(Br)nc(C2CC2)n1)C1CCCC1. The summed E-state index contributed by atoms with van der Waals surface area (Å²) in [4.78, 5) is 22.6. The van der Waals surface area contributed by atoms with Crippen LogP contribution in [0.2, 0.25) is 0 Å². The van der Waals surface area contributed by atoms with E-state index in [1.54, 1.807) is 0 Å². The fourth-order valence-corrected chi connectivity index (χ4v) is 3.26. The second-order valence-electron chi connectivity index (χ2n) is 5.71. The molecule has 1 amide bonds. The molecule has 6 heteroatoms. The summed E-state index contributed by atoms with van der Waals surface area (Å²) < 4.78 is 0.789. The lowest BCUT2D eigenvalue weighted by atomic mass is 10.2. The van der Waals surface area contributed by atoms with Gasteiger partial charge >= 0.3 is 0 Å². The van der Waals surface area contributed by atoms with Gasteiger partial charge in [-0.15, -0.1) is 0 Å². The first kappa shape index (κ1) is 13.8. The maximum atomic E-state index is 11.4. The summed E-state index contributed by atoms with van der Waals surface area (Å²) in [5, 5.41) is 0. The number of rotatable bonds is 5. The van der Waals surface area contributed by atoms with Gasteiger partial charge in [0.05, 0.1) is 6.54 Å². The third-order valence-electron chi connectivity index (χ3n) is 4.03. The second-order valence-corrected chi connectivity index (χ2v) is 6.53. The van der Waals surface area contributed by atoms with E-state index in [4.69, 9.17) is 5.73 Å². The number of hydrogen-bond acceptors (Lipinski definition) is 4. The van der Waals surface area contributed by atoms with Crippen LogP contribution in [0, 0.1) is 0 Å². The molecule has 0 atom stereocenters. The quantitative estimate of drug-likeness (QED) is 0.836. The van der Waals surface area contributed by atoms with E-state index in [0.717, 1.165) is 41.9 Å². The van der Waals surface area contributed by atoms with Gasteiger partial charge < -0.3 is 10.6 Å². The number of carbonyl (C=O) groups is 1. The molecule has 1 aromatic rings. The van der Waals surface area contributed by atoms with Crippen molar-refractivity contribution in [1.29, 1.82) is 0 Å². The van der Waals surface area contributed by atoms with Gasteiger partial charge in [-0.25, -0.2) is 9.97 Å². The van der Waals surface area contributed by atoms with Gasteiger partial charge in [-0.1, -0.05) is 12.8 Å². The van der Waals surface area contributed by atoms with Crippen molar-refractivity contribution in [3.05, 3.63) is 16.5 Å². The van der Waals surface area contributed by atoms with Crippen molar-refractivity contribution in [3.8, 4) is 0 Å². The van der Waals surface area contributed by atoms with Crippen molar-refractivity contribution in [1.82, 2.24) is 9.97 Å². The zero-order chi connectivity index (χ0) is 14.1. The second kappa shape index (κ2) is 5.68. The zero-order valence-electron chi connectivity index (χ0n) is 11.4. The van der Waals surface area contributed by atoms with E-state index in [1.165, 1.54) is 12.8 Å². The molecule has 1 aromatic heterocycles. The molecule has 0 bridgehead atoms. The Morgan fingerprint density at radius 3 is 2.60 bits per heavy atom. The molecule has 0 spiro atoms. The number of aromatic nitrogens is 2. The van der Waals surface area contributed by atoms with E-state index in [-0.39, 0.29) is 12.5 Å². The first-order valence-electron chi connectivity index (χ1n) is 7.23. The predicted molar refractivity (Wildman–Crippen MR) is 80.5 cm³/mol. The van der Waals surface area contributed by atoms with Gasteiger partial charge in [-0.3, -0.25) is 4.79 Å². The van der Waals surface area contributed by atoms with Crippen LogP contribution in [-0.2, 0) is 4.79 Å². The Morgan fingerprint density at radius 2 is 2.00 bits per heavy atom. The average Bonchev–Trinajstić information content (AvgIpc) is 3.11.